The van der Waals surface area contributed by atoms with E-state index < -0.39 is 0 Å². The fraction of sp³-hybridized carbons (Fsp3) is 0.192. The topological polar surface area (TPSA) is 69.0 Å². The predicted molar refractivity (Wildman–Crippen MR) is 124 cm³/mol. The van der Waals surface area contributed by atoms with E-state index in [4.69, 9.17) is 4.74 Å². The molecule has 4 aromatic rings. The lowest BCUT2D eigenvalue weighted by molar-refractivity contribution is -0.121. The van der Waals surface area contributed by atoms with Crippen LogP contribution in [0.15, 0.2) is 72.9 Å². The normalized spacial score (nSPS) is 10.8. The number of nitrogens with one attached hydrogen (secondary N) is 1. The third-order valence-corrected chi connectivity index (χ3v) is 5.29. The Morgan fingerprint density at radius 2 is 1.88 bits per heavy atom. The van der Waals surface area contributed by atoms with Gasteiger partial charge in [-0.25, -0.2) is 4.39 Å². The van der Waals surface area contributed by atoms with Crippen molar-refractivity contribution in [1.82, 2.24) is 20.1 Å². The Hall–Kier alpha value is -4.00. The Morgan fingerprint density at radius 1 is 1.06 bits per heavy atom. The van der Waals surface area contributed by atoms with Gasteiger partial charge in [0.2, 0.25) is 11.8 Å². The van der Waals surface area contributed by atoms with Crippen LogP contribution in [0.3, 0.4) is 0 Å². The molecule has 0 saturated heterocycles. The van der Waals surface area contributed by atoms with E-state index >= 15 is 0 Å². The number of para-hydroxylation sites is 1. The van der Waals surface area contributed by atoms with Crippen LogP contribution in [0.1, 0.15) is 28.9 Å². The lowest BCUT2D eigenvalue weighted by atomic mass is 10.1. The van der Waals surface area contributed by atoms with E-state index in [1.807, 2.05) is 56.3 Å². The smallest absolute Gasteiger partial charge is 0.226 e. The van der Waals surface area contributed by atoms with E-state index in [0.29, 0.717) is 24.6 Å². The number of aryl methyl sites for hydroxylation is 2. The SMILES string of the molecule is Cc1ccccc1-n1nc(C)c(CCC(=O)NCc2ccccn2)c1Oc1cccc(F)c1. The van der Waals surface area contributed by atoms with Crippen molar-refractivity contribution in [2.24, 2.45) is 0 Å². The second-order valence-corrected chi connectivity index (χ2v) is 7.72. The van der Waals surface area contributed by atoms with Crippen LogP contribution in [-0.4, -0.2) is 20.7 Å². The maximum atomic E-state index is 13.8. The number of carbonyl (C=O) groups is 1. The maximum Gasteiger partial charge on any atom is 0.226 e. The highest BCUT2D eigenvalue weighted by Gasteiger charge is 2.21. The number of ether oxygens (including phenoxy) is 1. The molecule has 2 aromatic heterocycles. The molecular weight excluding hydrogens is 419 g/mol. The number of pyridine rings is 1. The van der Waals surface area contributed by atoms with Crippen LogP contribution in [-0.2, 0) is 17.8 Å². The molecule has 0 aliphatic carbocycles. The van der Waals surface area contributed by atoms with Crippen molar-refractivity contribution in [1.29, 1.82) is 0 Å². The van der Waals surface area contributed by atoms with Gasteiger partial charge < -0.3 is 10.1 Å². The van der Waals surface area contributed by atoms with Crippen molar-refractivity contribution < 1.29 is 13.9 Å². The molecule has 2 aromatic carbocycles. The van der Waals surface area contributed by atoms with Crippen LogP contribution in [0, 0.1) is 19.7 Å². The summed E-state index contributed by atoms with van der Waals surface area (Å²) in [5, 5.41) is 7.58. The molecule has 6 nitrogen and oxygen atoms in total. The average Bonchev–Trinajstić information content (AvgIpc) is 3.12. The first-order chi connectivity index (χ1) is 16.0. The largest absolute Gasteiger partial charge is 0.439 e. The first-order valence-corrected chi connectivity index (χ1v) is 10.8. The minimum atomic E-state index is -0.387. The van der Waals surface area contributed by atoms with Gasteiger partial charge in [0.15, 0.2) is 0 Å². The molecule has 168 valence electrons. The molecule has 0 unspecified atom stereocenters. The van der Waals surface area contributed by atoms with Gasteiger partial charge in [-0.1, -0.05) is 30.3 Å². The second kappa shape index (κ2) is 10.1. The van der Waals surface area contributed by atoms with Gasteiger partial charge in [0.25, 0.3) is 0 Å². The van der Waals surface area contributed by atoms with Crippen LogP contribution in [0.25, 0.3) is 5.69 Å². The minimum absolute atomic E-state index is 0.0969. The third-order valence-electron chi connectivity index (χ3n) is 5.29. The van der Waals surface area contributed by atoms with Crippen LogP contribution in [0.2, 0.25) is 0 Å². The molecule has 0 bridgehead atoms. The number of hydrogen-bond donors (Lipinski definition) is 1. The summed E-state index contributed by atoms with van der Waals surface area (Å²) < 4.78 is 21.6. The molecule has 0 spiro atoms. The highest BCUT2D eigenvalue weighted by Crippen LogP contribution is 2.32. The Labute approximate surface area is 192 Å². The molecule has 0 fully saturated rings. The van der Waals surface area contributed by atoms with Gasteiger partial charge in [0.05, 0.1) is 23.6 Å². The van der Waals surface area contributed by atoms with Crippen molar-refractivity contribution in [3.05, 3.63) is 101 Å². The number of rotatable bonds is 8. The van der Waals surface area contributed by atoms with Gasteiger partial charge in [-0.2, -0.15) is 9.78 Å². The quantitative estimate of drug-likeness (QED) is 0.412. The zero-order chi connectivity index (χ0) is 23.2. The predicted octanol–water partition coefficient (Wildman–Crippen LogP) is 5.06. The molecule has 1 N–H and O–H groups in total. The Morgan fingerprint density at radius 3 is 2.64 bits per heavy atom. The molecule has 0 saturated carbocycles. The molecule has 1 amide bonds. The summed E-state index contributed by atoms with van der Waals surface area (Å²) in [4.78, 5) is 16.7. The van der Waals surface area contributed by atoms with E-state index in [1.54, 1.807) is 23.0 Å². The van der Waals surface area contributed by atoms with Crippen LogP contribution in [0.5, 0.6) is 11.6 Å². The monoisotopic (exact) mass is 444 g/mol. The third kappa shape index (κ3) is 5.44. The molecule has 0 aliphatic rings. The minimum Gasteiger partial charge on any atom is -0.439 e. The summed E-state index contributed by atoms with van der Waals surface area (Å²) in [7, 11) is 0. The molecule has 0 atom stereocenters. The first kappa shape index (κ1) is 22.2. The number of benzene rings is 2. The number of hydrogen-bond acceptors (Lipinski definition) is 4. The Kier molecular flexibility index (Phi) is 6.78. The number of carbonyl (C=O) groups excluding carboxylic acids is 1. The van der Waals surface area contributed by atoms with Crippen molar-refractivity contribution in [3.63, 3.8) is 0 Å². The lowest BCUT2D eigenvalue weighted by Crippen LogP contribution is -2.23. The number of aromatic nitrogens is 3. The number of nitrogens with zero attached hydrogens (tertiary/aromatic N) is 3. The molecule has 2 heterocycles. The second-order valence-electron chi connectivity index (χ2n) is 7.72. The van der Waals surface area contributed by atoms with E-state index in [-0.39, 0.29) is 18.1 Å². The average molecular weight is 445 g/mol. The van der Waals surface area contributed by atoms with Gasteiger partial charge in [0.1, 0.15) is 11.6 Å². The Bertz CT molecular complexity index is 1250. The summed E-state index contributed by atoms with van der Waals surface area (Å²) >= 11 is 0. The summed E-state index contributed by atoms with van der Waals surface area (Å²) in [6, 6.07) is 19.4. The lowest BCUT2D eigenvalue weighted by Gasteiger charge is -2.13. The zero-order valence-corrected chi connectivity index (χ0v) is 18.6. The number of amides is 1. The van der Waals surface area contributed by atoms with Crippen molar-refractivity contribution in [2.45, 2.75) is 33.2 Å². The van der Waals surface area contributed by atoms with E-state index in [0.717, 1.165) is 28.2 Å². The van der Waals surface area contributed by atoms with Crippen molar-refractivity contribution >= 4 is 5.91 Å². The van der Waals surface area contributed by atoms with Crippen molar-refractivity contribution in [2.75, 3.05) is 0 Å². The van der Waals surface area contributed by atoms with E-state index in [1.165, 1.54) is 12.1 Å². The van der Waals surface area contributed by atoms with Gasteiger partial charge in [-0.3, -0.25) is 9.78 Å². The molecular formula is C26H25FN4O2. The summed E-state index contributed by atoms with van der Waals surface area (Å²) in [6.45, 7) is 4.24. The highest BCUT2D eigenvalue weighted by atomic mass is 19.1. The summed E-state index contributed by atoms with van der Waals surface area (Å²) in [6.07, 6.45) is 2.38. The van der Waals surface area contributed by atoms with Gasteiger partial charge >= 0.3 is 0 Å². The molecule has 33 heavy (non-hydrogen) atoms. The van der Waals surface area contributed by atoms with Gasteiger partial charge in [-0.05, 0) is 56.2 Å². The maximum absolute atomic E-state index is 13.8. The molecule has 4 rings (SSSR count). The van der Waals surface area contributed by atoms with Crippen molar-refractivity contribution in [3.8, 4) is 17.3 Å². The molecule has 0 aliphatic heterocycles. The fourth-order valence-electron chi connectivity index (χ4n) is 3.56. The standard InChI is InChI=1S/C26H25FN4O2/c1-18-8-3-4-12-24(18)31-26(33-22-11-7-9-20(27)16-22)23(19(2)30-31)13-14-25(32)29-17-21-10-5-6-15-28-21/h3-12,15-16H,13-14,17H2,1-2H3,(H,29,32). The molecule has 0 radical (unpaired) electrons. The van der Waals surface area contributed by atoms with Crippen LogP contribution >= 0.6 is 0 Å². The Balaban J connectivity index is 1.58. The van der Waals surface area contributed by atoms with E-state index in [2.05, 4.69) is 15.4 Å². The van der Waals surface area contributed by atoms with Gasteiger partial charge in [0, 0.05) is 24.2 Å². The highest BCUT2D eigenvalue weighted by molar-refractivity contribution is 5.76. The molecule has 7 heteroatoms. The first-order valence-electron chi connectivity index (χ1n) is 10.8. The fourth-order valence-corrected chi connectivity index (χ4v) is 3.56. The summed E-state index contributed by atoms with van der Waals surface area (Å²) in [5.74, 6) is 0.359. The van der Waals surface area contributed by atoms with E-state index in [9.17, 15) is 9.18 Å². The van der Waals surface area contributed by atoms with Gasteiger partial charge in [-0.15, -0.1) is 0 Å². The zero-order valence-electron chi connectivity index (χ0n) is 18.6. The number of halogens is 1. The van der Waals surface area contributed by atoms with Crippen LogP contribution in [0.4, 0.5) is 4.39 Å². The summed E-state index contributed by atoms with van der Waals surface area (Å²) in [5.41, 5.74) is 4.23. The van der Waals surface area contributed by atoms with Crippen LogP contribution < -0.4 is 10.1 Å².